The van der Waals surface area contributed by atoms with Gasteiger partial charge in [0.2, 0.25) is 11.8 Å². The number of likely N-dealkylation sites (tertiary alicyclic amines) is 1. The Kier molecular flexibility index (Phi) is 7.95. The molecule has 4 rings (SSSR count). The molecule has 2 aromatic carbocycles. The van der Waals surface area contributed by atoms with E-state index in [0.717, 1.165) is 24.8 Å². The van der Waals surface area contributed by atoms with Crippen molar-refractivity contribution in [3.63, 3.8) is 0 Å². The third-order valence-electron chi connectivity index (χ3n) is 6.30. The van der Waals surface area contributed by atoms with E-state index in [9.17, 15) is 9.59 Å². The maximum atomic E-state index is 13.1. The molecule has 0 unspecified atom stereocenters. The molecule has 0 atom stereocenters. The minimum absolute atomic E-state index is 0.000566. The van der Waals surface area contributed by atoms with E-state index >= 15 is 0 Å². The molecule has 2 heterocycles. The Balaban J connectivity index is 1.30. The van der Waals surface area contributed by atoms with Crippen molar-refractivity contribution in [3.8, 4) is 11.5 Å². The van der Waals surface area contributed by atoms with Gasteiger partial charge in [-0.3, -0.25) is 9.59 Å². The summed E-state index contributed by atoms with van der Waals surface area (Å²) in [5, 5.41) is 2.97. The summed E-state index contributed by atoms with van der Waals surface area (Å²) in [6.45, 7) is 7.34. The number of aromatic nitrogens is 1. The average Bonchev–Trinajstić information content (AvgIpc) is 3.28. The maximum absolute atomic E-state index is 13.1. The van der Waals surface area contributed by atoms with Crippen LogP contribution in [0.4, 0.5) is 0 Å². The maximum Gasteiger partial charge on any atom is 0.253 e. The first-order valence-electron chi connectivity index (χ1n) is 12.1. The predicted molar refractivity (Wildman–Crippen MR) is 132 cm³/mol. The Bertz CT molecular complexity index is 1110. The molecule has 0 aliphatic carbocycles. The van der Waals surface area contributed by atoms with Gasteiger partial charge in [-0.05, 0) is 69.4 Å². The molecule has 7 nitrogen and oxygen atoms in total. The number of hydrogen-bond donors (Lipinski definition) is 1. The smallest absolute Gasteiger partial charge is 0.253 e. The summed E-state index contributed by atoms with van der Waals surface area (Å²) in [4.78, 5) is 31.7. The second-order valence-corrected chi connectivity index (χ2v) is 8.91. The van der Waals surface area contributed by atoms with Crippen LogP contribution in [0.15, 0.2) is 46.9 Å². The number of piperidine rings is 1. The molecule has 0 spiro atoms. The van der Waals surface area contributed by atoms with Crippen molar-refractivity contribution in [2.24, 2.45) is 5.92 Å². The summed E-state index contributed by atoms with van der Waals surface area (Å²) >= 11 is 0. The summed E-state index contributed by atoms with van der Waals surface area (Å²) in [7, 11) is 0. The van der Waals surface area contributed by atoms with Gasteiger partial charge in [0.15, 0.2) is 5.58 Å². The van der Waals surface area contributed by atoms with Crippen LogP contribution in [0.2, 0.25) is 0 Å². The standard InChI is InChI=1S/C27H33N3O4/c1-3-33-16-4-13-28-25(31)17-20-11-14-30(15-12-20)27(32)22-9-10-24-23(18-22)29-26(34-24)21-7-5-19(2)6-8-21/h5-10,18,20H,3-4,11-17H2,1-2H3,(H,28,31). The minimum atomic E-state index is 0.000566. The van der Waals surface area contributed by atoms with E-state index in [1.54, 1.807) is 12.1 Å². The van der Waals surface area contributed by atoms with E-state index < -0.39 is 0 Å². The van der Waals surface area contributed by atoms with E-state index in [1.165, 1.54) is 5.56 Å². The number of hydrogen-bond acceptors (Lipinski definition) is 5. The molecule has 180 valence electrons. The molecule has 1 N–H and O–H groups in total. The lowest BCUT2D eigenvalue weighted by Crippen LogP contribution is -2.39. The van der Waals surface area contributed by atoms with Crippen molar-refractivity contribution in [1.29, 1.82) is 0 Å². The topological polar surface area (TPSA) is 84.7 Å². The summed E-state index contributed by atoms with van der Waals surface area (Å²) in [6, 6.07) is 13.4. The van der Waals surface area contributed by atoms with Crippen molar-refractivity contribution in [3.05, 3.63) is 53.6 Å². The highest BCUT2D eigenvalue weighted by Crippen LogP contribution is 2.27. The van der Waals surface area contributed by atoms with Crippen molar-refractivity contribution in [2.45, 2.75) is 39.5 Å². The number of oxazole rings is 1. The summed E-state index contributed by atoms with van der Waals surface area (Å²) in [6.07, 6.45) is 3.02. The Morgan fingerprint density at radius 1 is 1.15 bits per heavy atom. The lowest BCUT2D eigenvalue weighted by atomic mass is 9.93. The molecule has 1 aromatic heterocycles. The van der Waals surface area contributed by atoms with Gasteiger partial charge in [0, 0.05) is 50.4 Å². The number of fused-ring (bicyclic) bond motifs is 1. The van der Waals surface area contributed by atoms with Gasteiger partial charge in [-0.2, -0.15) is 0 Å². The van der Waals surface area contributed by atoms with Crippen molar-refractivity contribution >= 4 is 22.9 Å². The Morgan fingerprint density at radius 2 is 1.91 bits per heavy atom. The van der Waals surface area contributed by atoms with Gasteiger partial charge in [-0.15, -0.1) is 0 Å². The molecular formula is C27H33N3O4. The Hall–Kier alpha value is -3.19. The highest BCUT2D eigenvalue weighted by Gasteiger charge is 2.25. The van der Waals surface area contributed by atoms with E-state index in [1.807, 2.05) is 49.1 Å². The highest BCUT2D eigenvalue weighted by molar-refractivity contribution is 5.97. The van der Waals surface area contributed by atoms with Gasteiger partial charge >= 0.3 is 0 Å². The van der Waals surface area contributed by atoms with Crippen LogP contribution in [0.1, 0.15) is 48.5 Å². The number of ether oxygens (including phenoxy) is 1. The lowest BCUT2D eigenvalue weighted by molar-refractivity contribution is -0.122. The molecule has 0 saturated carbocycles. The summed E-state index contributed by atoms with van der Waals surface area (Å²) in [5.74, 6) is 0.949. The SMILES string of the molecule is CCOCCCNC(=O)CC1CCN(C(=O)c2ccc3oc(-c4ccc(C)cc4)nc3c2)CC1. The molecule has 0 radical (unpaired) electrons. The third kappa shape index (κ3) is 6.03. The van der Waals surface area contributed by atoms with Gasteiger partial charge in [0.05, 0.1) is 0 Å². The Labute approximate surface area is 200 Å². The molecule has 1 fully saturated rings. The zero-order valence-corrected chi connectivity index (χ0v) is 20.0. The van der Waals surface area contributed by atoms with Gasteiger partial charge in [-0.25, -0.2) is 4.98 Å². The molecule has 34 heavy (non-hydrogen) atoms. The molecule has 2 amide bonds. The molecule has 1 saturated heterocycles. The number of nitrogens with zero attached hydrogens (tertiary/aromatic N) is 2. The Morgan fingerprint density at radius 3 is 2.65 bits per heavy atom. The number of carbonyl (C=O) groups is 2. The van der Waals surface area contributed by atoms with Crippen molar-refractivity contribution in [1.82, 2.24) is 15.2 Å². The van der Waals surface area contributed by atoms with Crippen LogP contribution in [-0.4, -0.2) is 54.5 Å². The van der Waals surface area contributed by atoms with Crippen LogP contribution in [-0.2, 0) is 9.53 Å². The minimum Gasteiger partial charge on any atom is -0.436 e. The van der Waals surface area contributed by atoms with Gasteiger partial charge in [-0.1, -0.05) is 17.7 Å². The molecule has 0 bridgehead atoms. The van der Waals surface area contributed by atoms with Crippen LogP contribution in [0.25, 0.3) is 22.6 Å². The van der Waals surface area contributed by atoms with Crippen molar-refractivity contribution in [2.75, 3.05) is 32.8 Å². The number of benzene rings is 2. The number of carbonyl (C=O) groups excluding carboxylic acids is 2. The molecule has 3 aromatic rings. The van der Waals surface area contributed by atoms with E-state index in [4.69, 9.17) is 9.15 Å². The van der Waals surface area contributed by atoms with E-state index in [2.05, 4.69) is 10.3 Å². The molecule has 1 aliphatic heterocycles. The zero-order chi connectivity index (χ0) is 23.9. The highest BCUT2D eigenvalue weighted by atomic mass is 16.5. The molecule has 7 heteroatoms. The average molecular weight is 464 g/mol. The lowest BCUT2D eigenvalue weighted by Gasteiger charge is -2.31. The zero-order valence-electron chi connectivity index (χ0n) is 20.0. The number of rotatable bonds is 9. The number of nitrogens with one attached hydrogen (secondary N) is 1. The normalized spacial score (nSPS) is 14.5. The molecular weight excluding hydrogens is 430 g/mol. The van der Waals surface area contributed by atoms with E-state index in [0.29, 0.717) is 67.7 Å². The van der Waals surface area contributed by atoms with Gasteiger partial charge < -0.3 is 19.4 Å². The summed E-state index contributed by atoms with van der Waals surface area (Å²) < 4.78 is 11.2. The fourth-order valence-corrected chi connectivity index (χ4v) is 4.28. The number of aryl methyl sites for hydroxylation is 1. The largest absolute Gasteiger partial charge is 0.436 e. The summed E-state index contributed by atoms with van der Waals surface area (Å²) in [5.41, 5.74) is 4.04. The fourth-order valence-electron chi connectivity index (χ4n) is 4.28. The second-order valence-electron chi connectivity index (χ2n) is 8.91. The van der Waals surface area contributed by atoms with Gasteiger partial charge in [0.25, 0.3) is 5.91 Å². The monoisotopic (exact) mass is 463 g/mol. The third-order valence-corrected chi connectivity index (χ3v) is 6.30. The van der Waals surface area contributed by atoms with Crippen LogP contribution in [0, 0.1) is 12.8 Å². The predicted octanol–water partition coefficient (Wildman–Crippen LogP) is 4.59. The first-order chi connectivity index (χ1) is 16.5. The molecule has 1 aliphatic rings. The number of amides is 2. The second kappa shape index (κ2) is 11.3. The first kappa shape index (κ1) is 24.0. The van der Waals surface area contributed by atoms with Crippen molar-refractivity contribution < 1.29 is 18.7 Å². The quantitative estimate of drug-likeness (QED) is 0.469. The van der Waals surface area contributed by atoms with Crippen LogP contribution < -0.4 is 5.32 Å². The van der Waals surface area contributed by atoms with Crippen LogP contribution in [0.3, 0.4) is 0 Å². The van der Waals surface area contributed by atoms with Gasteiger partial charge in [0.1, 0.15) is 5.52 Å². The van der Waals surface area contributed by atoms with E-state index in [-0.39, 0.29) is 11.8 Å². The fraction of sp³-hybridized carbons (Fsp3) is 0.444. The first-order valence-corrected chi connectivity index (χ1v) is 12.1. The van der Waals surface area contributed by atoms with Crippen LogP contribution in [0.5, 0.6) is 0 Å². The van der Waals surface area contributed by atoms with Crippen LogP contribution >= 0.6 is 0 Å².